The van der Waals surface area contributed by atoms with Crippen LogP contribution in [0.25, 0.3) is 0 Å². The maximum atomic E-state index is 12.0. The van der Waals surface area contributed by atoms with Gasteiger partial charge in [0.25, 0.3) is 5.91 Å². The minimum absolute atomic E-state index is 0.0746. The number of aliphatic carboxylic acids is 1. The van der Waals surface area contributed by atoms with Crippen LogP contribution in [0.2, 0.25) is 0 Å². The molecule has 0 aliphatic carbocycles. The Hall–Kier alpha value is -3.87. The summed E-state index contributed by atoms with van der Waals surface area (Å²) in [5.41, 5.74) is 0.0315. The Balaban J connectivity index is 3.00. The van der Waals surface area contributed by atoms with Gasteiger partial charge < -0.3 is 25.2 Å². The molecule has 1 aromatic carbocycles. The van der Waals surface area contributed by atoms with Crippen LogP contribution in [-0.4, -0.2) is 49.7 Å². The Bertz CT molecular complexity index is 840. The molecular formula is C18H19N3O7. The molecule has 0 aliphatic rings. The Morgan fingerprint density at radius 1 is 1.18 bits per heavy atom. The number of carbonyl (C=O) groups excluding carboxylic acids is 3. The van der Waals surface area contributed by atoms with Crippen LogP contribution in [0.4, 0.5) is 5.69 Å². The molecule has 0 saturated carbocycles. The van der Waals surface area contributed by atoms with Gasteiger partial charge in [0, 0.05) is 19.2 Å². The molecule has 10 heteroatoms. The number of nitrogens with one attached hydrogen (secondary N) is 2. The lowest BCUT2D eigenvalue weighted by Crippen LogP contribution is -2.26. The molecule has 0 fully saturated rings. The fraction of sp³-hybridized carbons (Fsp3) is 0.278. The van der Waals surface area contributed by atoms with Gasteiger partial charge in [-0.1, -0.05) is 0 Å². The van der Waals surface area contributed by atoms with Crippen molar-refractivity contribution >= 4 is 29.5 Å². The van der Waals surface area contributed by atoms with Gasteiger partial charge in [-0.15, -0.1) is 0 Å². The number of carboxylic acid groups (broad SMARTS) is 1. The van der Waals surface area contributed by atoms with Gasteiger partial charge in [-0.25, -0.2) is 9.59 Å². The molecule has 28 heavy (non-hydrogen) atoms. The number of carbonyl (C=O) groups is 4. The summed E-state index contributed by atoms with van der Waals surface area (Å²) < 4.78 is 9.28. The molecule has 1 amide bonds. The third-order valence-electron chi connectivity index (χ3n) is 3.44. The zero-order chi connectivity index (χ0) is 21.1. The van der Waals surface area contributed by atoms with E-state index in [2.05, 4.69) is 20.1 Å². The molecule has 0 aromatic heterocycles. The molecule has 3 N–H and O–H groups in total. The number of methoxy groups -OCH3 is 2. The van der Waals surface area contributed by atoms with Crippen molar-refractivity contribution in [2.75, 3.05) is 26.1 Å². The Labute approximate surface area is 160 Å². The lowest BCUT2D eigenvalue weighted by molar-refractivity contribution is -0.137. The molecule has 148 valence electrons. The number of anilines is 1. The molecule has 0 unspecified atom stereocenters. The molecule has 0 saturated heterocycles. The Kier molecular flexibility index (Phi) is 8.69. The number of nitrogens with zero attached hydrogens (tertiary/aromatic N) is 1. The smallest absolute Gasteiger partial charge is 0.339 e. The molecule has 0 bridgehead atoms. The zero-order valence-electron chi connectivity index (χ0n) is 15.3. The van der Waals surface area contributed by atoms with Gasteiger partial charge in [-0.3, -0.25) is 9.59 Å². The molecule has 1 aromatic rings. The van der Waals surface area contributed by atoms with Crippen LogP contribution in [0.5, 0.6) is 0 Å². The van der Waals surface area contributed by atoms with E-state index in [9.17, 15) is 19.2 Å². The molecule has 0 atom stereocenters. The van der Waals surface area contributed by atoms with Gasteiger partial charge in [0.15, 0.2) is 0 Å². The van der Waals surface area contributed by atoms with E-state index in [0.29, 0.717) is 0 Å². The summed E-state index contributed by atoms with van der Waals surface area (Å²) >= 11 is 0. The minimum atomic E-state index is -0.993. The second-order valence-electron chi connectivity index (χ2n) is 5.31. The van der Waals surface area contributed by atoms with Gasteiger partial charge in [-0.2, -0.15) is 5.26 Å². The van der Waals surface area contributed by atoms with Crippen molar-refractivity contribution in [3.63, 3.8) is 0 Å². The second kappa shape index (κ2) is 11.0. The van der Waals surface area contributed by atoms with Crippen molar-refractivity contribution in [3.05, 3.63) is 41.1 Å². The maximum absolute atomic E-state index is 12.0. The minimum Gasteiger partial charge on any atom is -0.481 e. The van der Waals surface area contributed by atoms with Crippen LogP contribution >= 0.6 is 0 Å². The van der Waals surface area contributed by atoms with Gasteiger partial charge in [0.05, 0.1) is 31.0 Å². The zero-order valence-corrected chi connectivity index (χ0v) is 15.3. The summed E-state index contributed by atoms with van der Waals surface area (Å²) in [6, 6.07) is 5.72. The van der Waals surface area contributed by atoms with Crippen molar-refractivity contribution in [1.29, 1.82) is 5.26 Å². The highest BCUT2D eigenvalue weighted by Gasteiger charge is 2.16. The van der Waals surface area contributed by atoms with Crippen molar-refractivity contribution in [2.24, 2.45) is 0 Å². The standard InChI is InChI=1S/C18H19N3O7/c1-27-17(25)11-5-6-13(18(26)28-2)14(8-11)21-10-12(9-19)16(24)20-7-3-4-15(22)23/h5-6,8,10,21H,3-4,7H2,1-2H3,(H,20,24)(H,22,23)/b12-10-. The number of carboxylic acids is 1. The third-order valence-corrected chi connectivity index (χ3v) is 3.44. The first kappa shape index (κ1) is 22.2. The number of ether oxygens (including phenoxy) is 2. The van der Waals surface area contributed by atoms with Crippen LogP contribution in [0.15, 0.2) is 30.0 Å². The van der Waals surface area contributed by atoms with E-state index in [4.69, 9.17) is 10.4 Å². The van der Waals surface area contributed by atoms with Crippen LogP contribution < -0.4 is 10.6 Å². The lowest BCUT2D eigenvalue weighted by atomic mass is 10.1. The SMILES string of the molecule is COC(=O)c1ccc(C(=O)OC)c(N/C=C(/C#N)C(=O)NCCCC(=O)O)c1. The number of esters is 2. The van der Waals surface area contributed by atoms with Crippen LogP contribution in [0.1, 0.15) is 33.6 Å². The molecule has 0 aliphatic heterocycles. The van der Waals surface area contributed by atoms with E-state index in [1.807, 2.05) is 0 Å². The number of benzene rings is 1. The van der Waals surface area contributed by atoms with E-state index in [-0.39, 0.29) is 41.8 Å². The molecule has 0 spiro atoms. The fourth-order valence-electron chi connectivity index (χ4n) is 2.03. The number of nitriles is 1. The summed E-state index contributed by atoms with van der Waals surface area (Å²) in [4.78, 5) is 46.0. The van der Waals surface area contributed by atoms with Crippen molar-refractivity contribution in [1.82, 2.24) is 5.32 Å². The first-order valence-corrected chi connectivity index (χ1v) is 8.01. The summed E-state index contributed by atoms with van der Waals surface area (Å²) in [6.07, 6.45) is 1.16. The molecule has 10 nitrogen and oxygen atoms in total. The van der Waals surface area contributed by atoms with Gasteiger partial charge in [0.2, 0.25) is 0 Å². The van der Waals surface area contributed by atoms with Crippen molar-refractivity contribution in [2.45, 2.75) is 12.8 Å². The average Bonchev–Trinajstić information content (AvgIpc) is 2.70. The molecule has 0 heterocycles. The highest BCUT2D eigenvalue weighted by atomic mass is 16.5. The first-order valence-electron chi connectivity index (χ1n) is 8.01. The Morgan fingerprint density at radius 3 is 2.43 bits per heavy atom. The predicted molar refractivity (Wildman–Crippen MR) is 96.3 cm³/mol. The lowest BCUT2D eigenvalue weighted by Gasteiger charge is -2.10. The molecule has 0 radical (unpaired) electrons. The summed E-state index contributed by atoms with van der Waals surface area (Å²) in [5.74, 6) is -3.04. The van der Waals surface area contributed by atoms with Gasteiger partial charge in [0.1, 0.15) is 11.6 Å². The van der Waals surface area contributed by atoms with Crippen molar-refractivity contribution < 1.29 is 33.8 Å². The van der Waals surface area contributed by atoms with Gasteiger partial charge >= 0.3 is 17.9 Å². The first-order chi connectivity index (χ1) is 13.3. The van der Waals surface area contributed by atoms with E-state index in [0.717, 1.165) is 6.20 Å². The highest BCUT2D eigenvalue weighted by molar-refractivity contribution is 6.00. The monoisotopic (exact) mass is 389 g/mol. The predicted octanol–water partition coefficient (Wildman–Crippen LogP) is 1.06. The quantitative estimate of drug-likeness (QED) is 0.243. The highest BCUT2D eigenvalue weighted by Crippen LogP contribution is 2.20. The van der Waals surface area contributed by atoms with Crippen LogP contribution in [-0.2, 0) is 19.1 Å². The Morgan fingerprint density at radius 2 is 1.86 bits per heavy atom. The van der Waals surface area contributed by atoms with E-state index in [1.54, 1.807) is 6.07 Å². The number of amides is 1. The summed E-state index contributed by atoms with van der Waals surface area (Å²) in [6.45, 7) is 0.0788. The fourth-order valence-corrected chi connectivity index (χ4v) is 2.03. The third kappa shape index (κ3) is 6.45. The van der Waals surface area contributed by atoms with E-state index >= 15 is 0 Å². The van der Waals surface area contributed by atoms with E-state index in [1.165, 1.54) is 32.4 Å². The summed E-state index contributed by atoms with van der Waals surface area (Å²) in [7, 11) is 2.38. The van der Waals surface area contributed by atoms with Crippen LogP contribution in [0.3, 0.4) is 0 Å². The number of hydrogen-bond donors (Lipinski definition) is 3. The van der Waals surface area contributed by atoms with Crippen molar-refractivity contribution in [3.8, 4) is 6.07 Å². The largest absolute Gasteiger partial charge is 0.481 e. The average molecular weight is 389 g/mol. The van der Waals surface area contributed by atoms with Crippen LogP contribution in [0, 0.1) is 11.3 Å². The maximum Gasteiger partial charge on any atom is 0.339 e. The molecule has 1 rings (SSSR count). The van der Waals surface area contributed by atoms with E-state index < -0.39 is 23.8 Å². The topological polar surface area (TPSA) is 155 Å². The normalized spacial score (nSPS) is 10.4. The second-order valence-corrected chi connectivity index (χ2v) is 5.31. The summed E-state index contributed by atoms with van der Waals surface area (Å²) in [5, 5.41) is 22.8. The molecular weight excluding hydrogens is 370 g/mol. The number of rotatable bonds is 9. The van der Waals surface area contributed by atoms with Gasteiger partial charge in [-0.05, 0) is 24.6 Å². The number of hydrogen-bond acceptors (Lipinski definition) is 8.